The summed E-state index contributed by atoms with van der Waals surface area (Å²) < 4.78 is 9.93. The van der Waals surface area contributed by atoms with Crippen molar-refractivity contribution in [2.75, 3.05) is 6.61 Å². The van der Waals surface area contributed by atoms with Crippen LogP contribution in [0.15, 0.2) is 0 Å². The maximum absolute atomic E-state index is 11.3. The van der Waals surface area contributed by atoms with Crippen LogP contribution < -0.4 is 5.32 Å². The highest BCUT2D eigenvalue weighted by atomic mass is 16.6. The van der Waals surface area contributed by atoms with Gasteiger partial charge in [-0.2, -0.15) is 0 Å². The number of amides is 1. The zero-order valence-electron chi connectivity index (χ0n) is 10.6. The van der Waals surface area contributed by atoms with Crippen LogP contribution in [-0.2, 0) is 14.3 Å². The number of rotatable bonds is 4. The van der Waals surface area contributed by atoms with Gasteiger partial charge in [0.25, 0.3) is 0 Å². The number of carbonyl (C=O) groups excluding carboxylic acids is 2. The van der Waals surface area contributed by atoms with Gasteiger partial charge >= 0.3 is 12.1 Å². The number of esters is 1. The van der Waals surface area contributed by atoms with Gasteiger partial charge in [-0.15, -0.1) is 0 Å². The number of ether oxygens (including phenoxy) is 2. The molecule has 0 spiro atoms. The van der Waals surface area contributed by atoms with Crippen molar-refractivity contribution in [1.29, 1.82) is 0 Å². The minimum atomic E-state index is -0.524. The number of nitrogens with one attached hydrogen (secondary N) is 1. The van der Waals surface area contributed by atoms with Crippen LogP contribution in [0.25, 0.3) is 0 Å². The van der Waals surface area contributed by atoms with E-state index in [4.69, 9.17) is 9.47 Å². The number of hydrogen-bond acceptors (Lipinski definition) is 4. The summed E-state index contributed by atoms with van der Waals surface area (Å²) in [5, 5.41) is 2.58. The van der Waals surface area contributed by atoms with Crippen molar-refractivity contribution < 1.29 is 19.1 Å². The van der Waals surface area contributed by atoms with E-state index in [2.05, 4.69) is 5.32 Å². The van der Waals surface area contributed by atoms with Gasteiger partial charge in [0, 0.05) is 6.42 Å². The lowest BCUT2D eigenvalue weighted by molar-refractivity contribution is -0.143. The second-order valence-electron chi connectivity index (χ2n) is 4.58. The molecule has 0 aromatic rings. The Bertz CT molecular complexity index is 245. The lowest BCUT2D eigenvalue weighted by atomic mass is 10.2. The summed E-state index contributed by atoms with van der Waals surface area (Å²) in [7, 11) is 0. The standard InChI is InChI=1S/C11H21NO4/c1-6-9(13)15-7-8(2)12-10(14)16-11(3,4)5/h8H,6-7H2,1-5H3,(H,12,14)/t8-/m0/s1. The lowest BCUT2D eigenvalue weighted by Gasteiger charge is -2.21. The first kappa shape index (κ1) is 14.7. The van der Waals surface area contributed by atoms with Crippen LogP contribution >= 0.6 is 0 Å². The summed E-state index contributed by atoms with van der Waals surface area (Å²) >= 11 is 0. The van der Waals surface area contributed by atoms with Crippen molar-refractivity contribution in [2.24, 2.45) is 0 Å². The maximum atomic E-state index is 11.3. The van der Waals surface area contributed by atoms with E-state index in [1.54, 1.807) is 34.6 Å². The number of carbonyl (C=O) groups is 2. The molecule has 0 unspecified atom stereocenters. The number of alkyl carbamates (subject to hydrolysis) is 1. The average Bonchev–Trinajstić information content (AvgIpc) is 2.10. The molecule has 5 nitrogen and oxygen atoms in total. The fourth-order valence-electron chi connectivity index (χ4n) is 0.870. The van der Waals surface area contributed by atoms with Gasteiger partial charge in [-0.1, -0.05) is 6.92 Å². The van der Waals surface area contributed by atoms with E-state index in [1.807, 2.05) is 0 Å². The monoisotopic (exact) mass is 231 g/mol. The predicted octanol–water partition coefficient (Wildman–Crippen LogP) is 1.85. The molecule has 0 rings (SSSR count). The van der Waals surface area contributed by atoms with Crippen molar-refractivity contribution in [1.82, 2.24) is 5.32 Å². The molecule has 0 aromatic heterocycles. The van der Waals surface area contributed by atoms with Crippen LogP contribution in [0.5, 0.6) is 0 Å². The second kappa shape index (κ2) is 6.35. The largest absolute Gasteiger partial charge is 0.464 e. The van der Waals surface area contributed by atoms with Crippen LogP contribution in [0.2, 0.25) is 0 Å². The van der Waals surface area contributed by atoms with Crippen molar-refractivity contribution >= 4 is 12.1 Å². The molecule has 0 saturated carbocycles. The topological polar surface area (TPSA) is 64.6 Å². The summed E-state index contributed by atoms with van der Waals surface area (Å²) in [6.45, 7) is 8.98. The smallest absolute Gasteiger partial charge is 0.407 e. The third-order valence-electron chi connectivity index (χ3n) is 1.55. The second-order valence-corrected chi connectivity index (χ2v) is 4.58. The number of hydrogen-bond donors (Lipinski definition) is 1. The van der Waals surface area contributed by atoms with Crippen molar-refractivity contribution in [3.8, 4) is 0 Å². The molecule has 0 aliphatic carbocycles. The molecule has 16 heavy (non-hydrogen) atoms. The van der Waals surface area contributed by atoms with Gasteiger partial charge < -0.3 is 14.8 Å². The Kier molecular flexibility index (Phi) is 5.85. The Hall–Kier alpha value is -1.26. The molecule has 94 valence electrons. The molecular formula is C11H21NO4. The van der Waals surface area contributed by atoms with Gasteiger partial charge in [0.1, 0.15) is 12.2 Å². The molecule has 0 aliphatic heterocycles. The summed E-state index contributed by atoms with van der Waals surface area (Å²) in [5.41, 5.74) is -0.524. The summed E-state index contributed by atoms with van der Waals surface area (Å²) in [4.78, 5) is 22.2. The first-order valence-electron chi connectivity index (χ1n) is 5.39. The quantitative estimate of drug-likeness (QED) is 0.750. The van der Waals surface area contributed by atoms with Gasteiger partial charge in [0.05, 0.1) is 6.04 Å². The molecule has 0 bridgehead atoms. The average molecular weight is 231 g/mol. The van der Waals surface area contributed by atoms with Crippen LogP contribution in [-0.4, -0.2) is 30.3 Å². The highest BCUT2D eigenvalue weighted by Crippen LogP contribution is 2.06. The van der Waals surface area contributed by atoms with Gasteiger partial charge in [-0.3, -0.25) is 4.79 Å². The van der Waals surface area contributed by atoms with E-state index >= 15 is 0 Å². The predicted molar refractivity (Wildman–Crippen MR) is 60.1 cm³/mol. The van der Waals surface area contributed by atoms with Crippen molar-refractivity contribution in [3.63, 3.8) is 0 Å². The Morgan fingerprint density at radius 1 is 1.31 bits per heavy atom. The summed E-state index contributed by atoms with van der Waals surface area (Å²) in [5.74, 6) is -0.280. The molecule has 0 fully saturated rings. The molecule has 0 radical (unpaired) electrons. The Labute approximate surface area is 96.5 Å². The third kappa shape index (κ3) is 8.08. The fourth-order valence-corrected chi connectivity index (χ4v) is 0.870. The van der Waals surface area contributed by atoms with Crippen LogP contribution in [0, 0.1) is 0 Å². The van der Waals surface area contributed by atoms with E-state index in [0.29, 0.717) is 6.42 Å². The zero-order chi connectivity index (χ0) is 12.8. The maximum Gasteiger partial charge on any atom is 0.407 e. The van der Waals surface area contributed by atoms with E-state index in [-0.39, 0.29) is 18.6 Å². The van der Waals surface area contributed by atoms with Gasteiger partial charge in [0.15, 0.2) is 0 Å². The minimum absolute atomic E-state index is 0.159. The third-order valence-corrected chi connectivity index (χ3v) is 1.55. The normalized spacial score (nSPS) is 12.8. The first-order chi connectivity index (χ1) is 7.24. The van der Waals surface area contributed by atoms with Gasteiger partial charge in [-0.25, -0.2) is 4.79 Å². The SMILES string of the molecule is CCC(=O)OC[C@H](C)NC(=O)OC(C)(C)C. The molecule has 1 atom stereocenters. The van der Waals surface area contributed by atoms with E-state index < -0.39 is 11.7 Å². The van der Waals surface area contributed by atoms with Crippen LogP contribution in [0.1, 0.15) is 41.0 Å². The lowest BCUT2D eigenvalue weighted by Crippen LogP contribution is -2.40. The van der Waals surface area contributed by atoms with Crippen molar-refractivity contribution in [2.45, 2.75) is 52.7 Å². The Morgan fingerprint density at radius 3 is 2.31 bits per heavy atom. The van der Waals surface area contributed by atoms with E-state index in [1.165, 1.54) is 0 Å². The highest BCUT2D eigenvalue weighted by molar-refractivity contribution is 5.69. The molecule has 1 amide bonds. The van der Waals surface area contributed by atoms with E-state index in [0.717, 1.165) is 0 Å². The highest BCUT2D eigenvalue weighted by Gasteiger charge is 2.17. The molecular weight excluding hydrogens is 210 g/mol. The molecule has 0 aromatic carbocycles. The van der Waals surface area contributed by atoms with Crippen LogP contribution in [0.4, 0.5) is 4.79 Å². The summed E-state index contributed by atoms with van der Waals surface area (Å²) in [6.07, 6.45) is -0.174. The molecule has 1 N–H and O–H groups in total. The Balaban J connectivity index is 3.83. The van der Waals surface area contributed by atoms with Gasteiger partial charge in [-0.05, 0) is 27.7 Å². The minimum Gasteiger partial charge on any atom is -0.464 e. The van der Waals surface area contributed by atoms with Gasteiger partial charge in [0.2, 0.25) is 0 Å². The van der Waals surface area contributed by atoms with Crippen molar-refractivity contribution in [3.05, 3.63) is 0 Å². The van der Waals surface area contributed by atoms with Crippen LogP contribution in [0.3, 0.4) is 0 Å². The molecule has 5 heteroatoms. The molecule has 0 heterocycles. The fraction of sp³-hybridized carbons (Fsp3) is 0.818. The Morgan fingerprint density at radius 2 is 1.88 bits per heavy atom. The molecule has 0 aliphatic rings. The summed E-state index contributed by atoms with van der Waals surface area (Å²) in [6, 6.07) is -0.259. The molecule has 0 saturated heterocycles. The first-order valence-corrected chi connectivity index (χ1v) is 5.39. The van der Waals surface area contributed by atoms with E-state index in [9.17, 15) is 9.59 Å². The zero-order valence-corrected chi connectivity index (χ0v) is 10.6.